The highest BCUT2D eigenvalue weighted by atomic mass is 32.1. The molecule has 0 spiro atoms. The molecule has 1 saturated heterocycles. The molecule has 2 rings (SSSR count). The van der Waals surface area contributed by atoms with Crippen LogP contribution in [0.15, 0.2) is 5.38 Å². The van der Waals surface area contributed by atoms with Gasteiger partial charge in [0.1, 0.15) is 10.6 Å². The summed E-state index contributed by atoms with van der Waals surface area (Å²) < 4.78 is 17.1. The lowest BCUT2D eigenvalue weighted by Gasteiger charge is -2.32. The monoisotopic (exact) mass is 340 g/mol. The molecule has 1 aromatic heterocycles. The van der Waals surface area contributed by atoms with E-state index >= 15 is 0 Å². The molecule has 8 heteroatoms. The molecule has 1 N–H and O–H groups in total. The third kappa shape index (κ3) is 4.46. The van der Waals surface area contributed by atoms with Gasteiger partial charge in [0.25, 0.3) is 0 Å². The molecular formula is C15H25BN2O4S. The number of thiazole rings is 1. The molecule has 0 aliphatic carbocycles. The first kappa shape index (κ1) is 18.2. The average Bonchev–Trinajstić information content (AvgIpc) is 2.88. The lowest BCUT2D eigenvalue weighted by Crippen LogP contribution is -2.41. The maximum absolute atomic E-state index is 11.7. The minimum atomic E-state index is -0.513. The van der Waals surface area contributed by atoms with Gasteiger partial charge < -0.3 is 19.4 Å². The number of amides is 1. The van der Waals surface area contributed by atoms with Crippen LogP contribution in [-0.4, -0.2) is 35.0 Å². The number of carbonyl (C=O) groups excluding carboxylic acids is 1. The predicted molar refractivity (Wildman–Crippen MR) is 90.9 cm³/mol. The summed E-state index contributed by atoms with van der Waals surface area (Å²) in [5, 5.41) is 5.37. The van der Waals surface area contributed by atoms with Crippen molar-refractivity contribution in [2.45, 2.75) is 71.8 Å². The minimum Gasteiger partial charge on any atom is -0.444 e. The Morgan fingerprint density at radius 2 is 1.87 bits per heavy atom. The quantitative estimate of drug-likeness (QED) is 0.856. The van der Waals surface area contributed by atoms with Gasteiger partial charge in [-0.1, -0.05) is 0 Å². The summed E-state index contributed by atoms with van der Waals surface area (Å²) in [7, 11) is -0.480. The molecule has 6 nitrogen and oxygen atoms in total. The second-order valence-electron chi connectivity index (χ2n) is 7.61. The fraction of sp³-hybridized carbons (Fsp3) is 0.733. The Bertz CT molecular complexity index is 564. The van der Waals surface area contributed by atoms with Crippen molar-refractivity contribution in [2.24, 2.45) is 0 Å². The molecule has 0 unspecified atom stereocenters. The first-order valence-electron chi connectivity index (χ1n) is 7.66. The van der Waals surface area contributed by atoms with Crippen molar-refractivity contribution in [1.29, 1.82) is 0 Å². The normalized spacial score (nSPS) is 19.7. The summed E-state index contributed by atoms with van der Waals surface area (Å²) in [6, 6.07) is 0. The molecule has 0 aromatic carbocycles. The number of hydrogen-bond donors (Lipinski definition) is 1. The molecule has 128 valence electrons. The molecule has 0 bridgehead atoms. The fourth-order valence-corrected chi connectivity index (χ4v) is 2.67. The predicted octanol–water partition coefficient (Wildman–Crippen LogP) is 2.47. The van der Waals surface area contributed by atoms with Crippen LogP contribution in [0.5, 0.6) is 0 Å². The van der Waals surface area contributed by atoms with Crippen molar-refractivity contribution in [3.05, 3.63) is 10.4 Å². The van der Waals surface area contributed by atoms with Crippen LogP contribution in [0.1, 0.15) is 53.5 Å². The van der Waals surface area contributed by atoms with E-state index in [1.54, 1.807) is 0 Å². The number of alkyl carbamates (subject to hydrolysis) is 1. The van der Waals surface area contributed by atoms with Gasteiger partial charge in [0.2, 0.25) is 0 Å². The average molecular weight is 340 g/mol. The molecule has 1 aliphatic heterocycles. The zero-order valence-electron chi connectivity index (χ0n) is 14.9. The van der Waals surface area contributed by atoms with Gasteiger partial charge in [-0.25, -0.2) is 9.78 Å². The van der Waals surface area contributed by atoms with Crippen molar-refractivity contribution in [3.63, 3.8) is 0 Å². The zero-order chi connectivity index (χ0) is 17.5. The van der Waals surface area contributed by atoms with Gasteiger partial charge in [-0.15, -0.1) is 11.3 Å². The fourth-order valence-electron chi connectivity index (χ4n) is 1.94. The second-order valence-corrected chi connectivity index (χ2v) is 8.55. The Morgan fingerprint density at radius 3 is 2.39 bits per heavy atom. The van der Waals surface area contributed by atoms with Crippen molar-refractivity contribution in [1.82, 2.24) is 10.3 Å². The van der Waals surface area contributed by atoms with Gasteiger partial charge in [-0.05, 0) is 48.5 Å². The largest absolute Gasteiger partial charge is 0.515 e. The van der Waals surface area contributed by atoms with E-state index in [2.05, 4.69) is 10.3 Å². The maximum atomic E-state index is 11.7. The van der Waals surface area contributed by atoms with Gasteiger partial charge >= 0.3 is 13.2 Å². The number of hydrogen-bond acceptors (Lipinski definition) is 6. The second kappa shape index (κ2) is 6.07. The molecule has 0 saturated carbocycles. The standard InChI is InChI=1S/C15H25BN2O4S/c1-13(2,3)20-12(19)17-8-11-18-10(9-23-11)16-21-14(4,5)15(6,7)22-16/h9H,8H2,1-7H3,(H,17,19). The third-order valence-electron chi connectivity index (χ3n) is 3.85. The van der Waals surface area contributed by atoms with E-state index in [1.807, 2.05) is 53.8 Å². The Labute approximate surface area is 142 Å². The molecule has 2 heterocycles. The number of aromatic nitrogens is 1. The number of ether oxygens (including phenoxy) is 1. The summed E-state index contributed by atoms with van der Waals surface area (Å²) in [4.78, 5) is 16.1. The number of nitrogens with one attached hydrogen (secondary N) is 1. The van der Waals surface area contributed by atoms with Crippen molar-refractivity contribution in [2.75, 3.05) is 0 Å². The van der Waals surface area contributed by atoms with E-state index in [4.69, 9.17) is 14.0 Å². The van der Waals surface area contributed by atoms with Crippen LogP contribution >= 0.6 is 11.3 Å². The van der Waals surface area contributed by atoms with E-state index < -0.39 is 30.0 Å². The van der Waals surface area contributed by atoms with Crippen LogP contribution in [-0.2, 0) is 20.6 Å². The number of rotatable bonds is 3. The smallest absolute Gasteiger partial charge is 0.444 e. The molecule has 1 aliphatic rings. The van der Waals surface area contributed by atoms with Gasteiger partial charge in [-0.2, -0.15) is 0 Å². The van der Waals surface area contributed by atoms with Crippen LogP contribution in [0.25, 0.3) is 0 Å². The summed E-state index contributed by atoms with van der Waals surface area (Å²) in [6.07, 6.45) is -0.454. The highest BCUT2D eigenvalue weighted by Gasteiger charge is 2.52. The van der Waals surface area contributed by atoms with Crippen molar-refractivity contribution >= 4 is 30.1 Å². The number of nitrogens with zero attached hydrogens (tertiary/aromatic N) is 1. The van der Waals surface area contributed by atoms with Crippen LogP contribution in [0, 0.1) is 0 Å². The summed E-state index contributed by atoms with van der Waals surface area (Å²) in [5.74, 6) is 0. The Hall–Kier alpha value is -1.12. The molecule has 1 fully saturated rings. The van der Waals surface area contributed by atoms with E-state index in [1.165, 1.54) is 11.3 Å². The lowest BCUT2D eigenvalue weighted by molar-refractivity contribution is 0.00578. The third-order valence-corrected chi connectivity index (χ3v) is 4.71. The molecular weight excluding hydrogens is 315 g/mol. The van der Waals surface area contributed by atoms with Crippen molar-refractivity contribution < 1.29 is 18.8 Å². The summed E-state index contributed by atoms with van der Waals surface area (Å²) in [6.45, 7) is 13.8. The highest BCUT2D eigenvalue weighted by molar-refractivity contribution is 7.10. The van der Waals surface area contributed by atoms with E-state index in [9.17, 15) is 4.79 Å². The number of carbonyl (C=O) groups is 1. The van der Waals surface area contributed by atoms with Crippen LogP contribution < -0.4 is 10.9 Å². The van der Waals surface area contributed by atoms with Gasteiger partial charge in [0, 0.05) is 5.38 Å². The van der Waals surface area contributed by atoms with Gasteiger partial charge in [0.15, 0.2) is 0 Å². The molecule has 1 aromatic rings. The SMILES string of the molecule is CC(C)(C)OC(=O)NCc1nc(B2OC(C)(C)C(C)(C)O2)cs1. The molecule has 1 amide bonds. The first-order chi connectivity index (χ1) is 10.4. The molecule has 23 heavy (non-hydrogen) atoms. The van der Waals surface area contributed by atoms with Gasteiger partial charge in [-0.3, -0.25) is 0 Å². The lowest BCUT2D eigenvalue weighted by atomic mass is 9.86. The molecule has 0 radical (unpaired) electrons. The zero-order valence-corrected chi connectivity index (χ0v) is 15.7. The van der Waals surface area contributed by atoms with Crippen LogP contribution in [0.2, 0.25) is 0 Å². The topological polar surface area (TPSA) is 69.7 Å². The molecule has 0 atom stereocenters. The Morgan fingerprint density at radius 1 is 1.30 bits per heavy atom. The summed E-state index contributed by atoms with van der Waals surface area (Å²) in [5.41, 5.74) is -0.567. The minimum absolute atomic E-state index is 0.319. The van der Waals surface area contributed by atoms with Crippen LogP contribution in [0.3, 0.4) is 0 Å². The van der Waals surface area contributed by atoms with E-state index in [-0.39, 0.29) is 0 Å². The Kier molecular flexibility index (Phi) is 4.81. The summed E-state index contributed by atoms with van der Waals surface area (Å²) >= 11 is 1.46. The van der Waals surface area contributed by atoms with Crippen molar-refractivity contribution in [3.8, 4) is 0 Å². The van der Waals surface area contributed by atoms with E-state index in [0.717, 1.165) is 10.6 Å². The Balaban J connectivity index is 1.93. The first-order valence-corrected chi connectivity index (χ1v) is 8.54. The highest BCUT2D eigenvalue weighted by Crippen LogP contribution is 2.36. The van der Waals surface area contributed by atoms with E-state index in [0.29, 0.717) is 6.54 Å². The van der Waals surface area contributed by atoms with Crippen LogP contribution in [0.4, 0.5) is 4.79 Å². The van der Waals surface area contributed by atoms with Gasteiger partial charge in [0.05, 0.1) is 23.3 Å². The maximum Gasteiger partial charge on any atom is 0.515 e.